The zero-order valence-electron chi connectivity index (χ0n) is 17.5. The number of guanidine groups is 1. The summed E-state index contributed by atoms with van der Waals surface area (Å²) in [5, 5.41) is 11.6. The van der Waals surface area contributed by atoms with Gasteiger partial charge in [-0.15, -0.1) is 0 Å². The molecule has 1 unspecified atom stereocenters. The first-order chi connectivity index (χ1) is 12.4. The molecule has 1 aromatic heterocycles. The largest absolute Gasteiger partial charge is 0.385 e. The number of nitrogens with one attached hydrogen (secondary N) is 2. The molecule has 0 radical (unpaired) electrons. The molecule has 0 amide bonds. The molecule has 1 atom stereocenters. The first-order valence-corrected chi connectivity index (χ1v) is 9.86. The minimum absolute atomic E-state index is 0.293. The van der Waals surface area contributed by atoms with Gasteiger partial charge in [0.15, 0.2) is 5.96 Å². The van der Waals surface area contributed by atoms with Gasteiger partial charge in [-0.25, -0.2) is 0 Å². The normalized spacial score (nSPS) is 18.2. The van der Waals surface area contributed by atoms with Crippen molar-refractivity contribution in [3.05, 3.63) is 17.0 Å². The molecule has 1 saturated carbocycles. The van der Waals surface area contributed by atoms with Gasteiger partial charge in [-0.1, -0.05) is 12.8 Å². The van der Waals surface area contributed by atoms with Crippen molar-refractivity contribution in [2.75, 3.05) is 27.3 Å². The molecule has 1 aromatic rings. The second-order valence-electron chi connectivity index (χ2n) is 7.90. The molecule has 148 valence electrons. The molecule has 2 N–H and O–H groups in total. The molecule has 1 aliphatic carbocycles. The van der Waals surface area contributed by atoms with Gasteiger partial charge in [0, 0.05) is 46.1 Å². The van der Waals surface area contributed by atoms with E-state index >= 15 is 0 Å². The highest BCUT2D eigenvalue weighted by atomic mass is 16.5. The van der Waals surface area contributed by atoms with E-state index in [9.17, 15) is 0 Å². The molecule has 2 rings (SSSR count). The fraction of sp³-hybridized carbons (Fsp3) is 0.800. The monoisotopic (exact) mass is 363 g/mol. The fourth-order valence-electron chi connectivity index (χ4n) is 4.13. The number of aromatic nitrogens is 2. The summed E-state index contributed by atoms with van der Waals surface area (Å²) in [5.41, 5.74) is 4.04. The molecular weight excluding hydrogens is 326 g/mol. The molecule has 0 spiro atoms. The number of hydrogen-bond acceptors (Lipinski definition) is 3. The van der Waals surface area contributed by atoms with Crippen LogP contribution in [0, 0.1) is 19.3 Å². The maximum absolute atomic E-state index is 5.34. The minimum Gasteiger partial charge on any atom is -0.385 e. The van der Waals surface area contributed by atoms with Crippen molar-refractivity contribution < 1.29 is 4.74 Å². The number of ether oxygens (including phenoxy) is 1. The number of methoxy groups -OCH3 is 1. The van der Waals surface area contributed by atoms with E-state index < -0.39 is 0 Å². The Labute approximate surface area is 158 Å². The topological polar surface area (TPSA) is 63.5 Å². The molecular formula is C20H37N5O. The Kier molecular flexibility index (Phi) is 7.50. The van der Waals surface area contributed by atoms with Crippen LogP contribution in [0.15, 0.2) is 4.99 Å². The second kappa shape index (κ2) is 9.40. The summed E-state index contributed by atoms with van der Waals surface area (Å²) in [7, 11) is 5.64. The van der Waals surface area contributed by atoms with E-state index in [1.54, 1.807) is 7.11 Å². The van der Waals surface area contributed by atoms with Crippen molar-refractivity contribution in [3.8, 4) is 0 Å². The van der Waals surface area contributed by atoms with E-state index in [2.05, 4.69) is 41.5 Å². The summed E-state index contributed by atoms with van der Waals surface area (Å²) in [6.45, 7) is 8.23. The molecule has 1 aliphatic rings. The van der Waals surface area contributed by atoms with E-state index in [4.69, 9.17) is 4.74 Å². The van der Waals surface area contributed by atoms with Gasteiger partial charge in [-0.05, 0) is 57.4 Å². The quantitative estimate of drug-likeness (QED) is 0.551. The lowest BCUT2D eigenvalue weighted by Crippen LogP contribution is -2.46. The molecule has 0 bridgehead atoms. The number of hydrogen-bond donors (Lipinski definition) is 2. The Bertz CT molecular complexity index is 602. The third kappa shape index (κ3) is 5.22. The van der Waals surface area contributed by atoms with Crippen LogP contribution in [0.5, 0.6) is 0 Å². The average molecular weight is 364 g/mol. The van der Waals surface area contributed by atoms with Crippen LogP contribution in [0.3, 0.4) is 0 Å². The van der Waals surface area contributed by atoms with Gasteiger partial charge in [-0.3, -0.25) is 9.67 Å². The first-order valence-electron chi connectivity index (χ1n) is 9.86. The van der Waals surface area contributed by atoms with Gasteiger partial charge in [0.05, 0.1) is 5.69 Å². The van der Waals surface area contributed by atoms with Crippen molar-refractivity contribution in [1.82, 2.24) is 20.4 Å². The van der Waals surface area contributed by atoms with Crippen molar-refractivity contribution >= 4 is 5.96 Å². The second-order valence-corrected chi connectivity index (χ2v) is 7.90. The molecule has 0 saturated heterocycles. The highest BCUT2D eigenvalue weighted by Crippen LogP contribution is 2.40. The molecule has 1 fully saturated rings. The Balaban J connectivity index is 1.90. The summed E-state index contributed by atoms with van der Waals surface area (Å²) < 4.78 is 7.30. The van der Waals surface area contributed by atoms with Crippen molar-refractivity contribution in [2.24, 2.45) is 17.5 Å². The van der Waals surface area contributed by atoms with Gasteiger partial charge >= 0.3 is 0 Å². The predicted molar refractivity (Wildman–Crippen MR) is 108 cm³/mol. The highest BCUT2D eigenvalue weighted by molar-refractivity contribution is 5.80. The number of aryl methyl sites for hydroxylation is 2. The zero-order valence-corrected chi connectivity index (χ0v) is 17.5. The molecule has 6 nitrogen and oxygen atoms in total. The molecule has 0 aliphatic heterocycles. The van der Waals surface area contributed by atoms with E-state index in [1.807, 2.05) is 18.8 Å². The Morgan fingerprint density at radius 3 is 2.58 bits per heavy atom. The molecule has 1 heterocycles. The smallest absolute Gasteiger partial charge is 0.191 e. The predicted octanol–water partition coefficient (Wildman–Crippen LogP) is 2.73. The van der Waals surface area contributed by atoms with E-state index in [0.717, 1.165) is 37.6 Å². The van der Waals surface area contributed by atoms with Crippen molar-refractivity contribution in [2.45, 2.75) is 65.3 Å². The van der Waals surface area contributed by atoms with E-state index in [1.165, 1.54) is 36.9 Å². The summed E-state index contributed by atoms with van der Waals surface area (Å²) in [6.07, 6.45) is 7.28. The number of aliphatic imine (C=N–C) groups is 1. The lowest BCUT2D eigenvalue weighted by atomic mass is 9.83. The first kappa shape index (κ1) is 20.7. The van der Waals surface area contributed by atoms with E-state index in [0.29, 0.717) is 11.5 Å². The Morgan fingerprint density at radius 2 is 2.04 bits per heavy atom. The summed E-state index contributed by atoms with van der Waals surface area (Å²) in [6, 6.07) is 0.293. The van der Waals surface area contributed by atoms with Crippen LogP contribution in [0.1, 0.15) is 56.0 Å². The maximum Gasteiger partial charge on any atom is 0.191 e. The Hall–Kier alpha value is -1.56. The Morgan fingerprint density at radius 1 is 1.35 bits per heavy atom. The highest BCUT2D eigenvalue weighted by Gasteiger charge is 2.33. The van der Waals surface area contributed by atoms with Crippen molar-refractivity contribution in [3.63, 3.8) is 0 Å². The van der Waals surface area contributed by atoms with Crippen LogP contribution in [-0.4, -0.2) is 49.1 Å². The van der Waals surface area contributed by atoms with Crippen LogP contribution >= 0.6 is 0 Å². The van der Waals surface area contributed by atoms with Crippen LogP contribution in [-0.2, 0) is 18.2 Å². The fourth-order valence-corrected chi connectivity index (χ4v) is 4.13. The average Bonchev–Trinajstić information content (AvgIpc) is 3.18. The summed E-state index contributed by atoms with van der Waals surface area (Å²) in [4.78, 5) is 4.43. The van der Waals surface area contributed by atoms with Gasteiger partial charge < -0.3 is 15.4 Å². The maximum atomic E-state index is 5.34. The molecule has 0 aromatic carbocycles. The standard InChI is InChI=1S/C20H37N5O/c1-15(13-18-16(2)24-25(5)17(18)3)23-19(21-4)22-14-20(11-12-26-6)9-7-8-10-20/h15H,7-14H2,1-6H3,(H2,21,22,23). The zero-order chi connectivity index (χ0) is 19.2. The third-order valence-corrected chi connectivity index (χ3v) is 5.91. The third-order valence-electron chi connectivity index (χ3n) is 5.91. The summed E-state index contributed by atoms with van der Waals surface area (Å²) in [5.74, 6) is 0.889. The van der Waals surface area contributed by atoms with Gasteiger partial charge in [0.2, 0.25) is 0 Å². The van der Waals surface area contributed by atoms with Crippen LogP contribution < -0.4 is 10.6 Å². The van der Waals surface area contributed by atoms with Crippen LogP contribution in [0.25, 0.3) is 0 Å². The number of nitrogens with zero attached hydrogens (tertiary/aromatic N) is 3. The molecule has 26 heavy (non-hydrogen) atoms. The lowest BCUT2D eigenvalue weighted by molar-refractivity contribution is 0.138. The lowest BCUT2D eigenvalue weighted by Gasteiger charge is -2.30. The van der Waals surface area contributed by atoms with Crippen LogP contribution in [0.2, 0.25) is 0 Å². The van der Waals surface area contributed by atoms with Gasteiger partial charge in [0.1, 0.15) is 0 Å². The molecule has 6 heteroatoms. The van der Waals surface area contributed by atoms with Gasteiger partial charge in [-0.2, -0.15) is 5.10 Å². The van der Waals surface area contributed by atoms with Gasteiger partial charge in [0.25, 0.3) is 0 Å². The minimum atomic E-state index is 0.293. The summed E-state index contributed by atoms with van der Waals surface area (Å²) >= 11 is 0. The van der Waals surface area contributed by atoms with Crippen LogP contribution in [0.4, 0.5) is 0 Å². The number of rotatable bonds is 8. The van der Waals surface area contributed by atoms with Crippen molar-refractivity contribution in [1.29, 1.82) is 0 Å². The SMILES string of the molecule is CN=C(NCC1(CCOC)CCCC1)NC(C)Cc1c(C)nn(C)c1C. The van der Waals surface area contributed by atoms with E-state index in [-0.39, 0.29) is 0 Å².